The Balaban J connectivity index is 2.17. The summed E-state index contributed by atoms with van der Waals surface area (Å²) in [6, 6.07) is 5.82. The molecule has 1 atom stereocenters. The Kier molecular flexibility index (Phi) is 3.69. The van der Waals surface area contributed by atoms with Gasteiger partial charge in [0.15, 0.2) is 0 Å². The van der Waals surface area contributed by atoms with E-state index in [1.54, 1.807) is 4.90 Å². The van der Waals surface area contributed by atoms with Crippen molar-refractivity contribution in [3.05, 3.63) is 28.2 Å². The van der Waals surface area contributed by atoms with Crippen LogP contribution in [0.4, 0.5) is 10.5 Å². The van der Waals surface area contributed by atoms with Gasteiger partial charge >= 0.3 is 6.09 Å². The third kappa shape index (κ3) is 2.61. The number of carbonyl (C=O) groups is 1. The highest BCUT2D eigenvalue weighted by molar-refractivity contribution is 9.10. The Labute approximate surface area is 109 Å². The van der Waals surface area contributed by atoms with Gasteiger partial charge in [0, 0.05) is 29.7 Å². The van der Waals surface area contributed by atoms with Gasteiger partial charge in [-0.1, -0.05) is 22.0 Å². The molecule has 1 heterocycles. The molecule has 0 saturated carbocycles. The number of ether oxygens (including phenoxy) is 1. The summed E-state index contributed by atoms with van der Waals surface area (Å²) in [5.74, 6) is 0. The number of anilines is 1. The molecular formula is C12H15BrN2O2. The van der Waals surface area contributed by atoms with Crippen molar-refractivity contribution in [2.24, 2.45) is 5.73 Å². The third-order valence-corrected chi connectivity index (χ3v) is 3.75. The van der Waals surface area contributed by atoms with E-state index in [4.69, 9.17) is 10.5 Å². The number of aryl methyl sites for hydroxylation is 1. The Bertz CT molecular complexity index is 437. The molecule has 0 radical (unpaired) electrons. The van der Waals surface area contributed by atoms with E-state index in [1.807, 2.05) is 25.1 Å². The van der Waals surface area contributed by atoms with Crippen molar-refractivity contribution >= 4 is 27.7 Å². The van der Waals surface area contributed by atoms with Gasteiger partial charge in [-0.05, 0) is 24.6 Å². The number of hydrogen-bond donors (Lipinski definition) is 1. The second kappa shape index (κ2) is 5.06. The fourth-order valence-corrected chi connectivity index (χ4v) is 2.15. The highest BCUT2D eigenvalue weighted by Gasteiger charge is 2.27. The number of cyclic esters (lactones) is 1. The zero-order valence-electron chi connectivity index (χ0n) is 9.65. The largest absolute Gasteiger partial charge is 0.444 e. The summed E-state index contributed by atoms with van der Waals surface area (Å²) in [6.07, 6.45) is 0.309. The van der Waals surface area contributed by atoms with Crippen LogP contribution in [0.5, 0.6) is 0 Å². The minimum absolute atomic E-state index is 0.146. The van der Waals surface area contributed by atoms with Gasteiger partial charge in [0.2, 0.25) is 0 Å². The Morgan fingerprint density at radius 3 is 2.94 bits per heavy atom. The fourth-order valence-electron chi connectivity index (χ4n) is 1.78. The first-order valence-electron chi connectivity index (χ1n) is 5.56. The zero-order chi connectivity index (χ0) is 12.4. The monoisotopic (exact) mass is 298 g/mol. The second-order valence-corrected chi connectivity index (χ2v) is 4.97. The molecule has 92 valence electrons. The molecule has 0 spiro atoms. The van der Waals surface area contributed by atoms with Crippen molar-refractivity contribution in [3.63, 3.8) is 0 Å². The maximum atomic E-state index is 11.8. The summed E-state index contributed by atoms with van der Waals surface area (Å²) in [4.78, 5) is 13.4. The van der Waals surface area contributed by atoms with E-state index in [0.29, 0.717) is 13.1 Å². The van der Waals surface area contributed by atoms with E-state index in [-0.39, 0.29) is 12.2 Å². The molecule has 1 saturated heterocycles. The molecule has 5 heteroatoms. The second-order valence-electron chi connectivity index (χ2n) is 4.12. The average Bonchev–Trinajstić information content (AvgIpc) is 2.32. The number of carbonyl (C=O) groups excluding carboxylic acids is 1. The summed E-state index contributed by atoms with van der Waals surface area (Å²) in [5.41, 5.74) is 7.48. The normalized spacial score (nSPS) is 20.3. The summed E-state index contributed by atoms with van der Waals surface area (Å²) in [5, 5.41) is 0. The number of amides is 1. The predicted octanol–water partition coefficient (Wildman–Crippen LogP) is 2.43. The van der Waals surface area contributed by atoms with E-state index >= 15 is 0 Å². The van der Waals surface area contributed by atoms with E-state index in [2.05, 4.69) is 15.9 Å². The van der Waals surface area contributed by atoms with E-state index < -0.39 is 0 Å². The van der Waals surface area contributed by atoms with Crippen LogP contribution in [0.25, 0.3) is 0 Å². The van der Waals surface area contributed by atoms with Crippen LogP contribution in [-0.4, -0.2) is 25.3 Å². The molecule has 1 amide bonds. The molecule has 2 rings (SSSR count). The number of nitrogens with zero attached hydrogens (tertiary/aromatic N) is 1. The summed E-state index contributed by atoms with van der Waals surface area (Å²) >= 11 is 3.46. The molecule has 1 aliphatic heterocycles. The topological polar surface area (TPSA) is 55.6 Å². The van der Waals surface area contributed by atoms with Crippen LogP contribution in [0.3, 0.4) is 0 Å². The van der Waals surface area contributed by atoms with Gasteiger partial charge in [0.25, 0.3) is 0 Å². The molecule has 2 N–H and O–H groups in total. The van der Waals surface area contributed by atoms with Gasteiger partial charge in [-0.15, -0.1) is 0 Å². The third-order valence-electron chi connectivity index (χ3n) is 2.89. The van der Waals surface area contributed by atoms with E-state index in [0.717, 1.165) is 22.1 Å². The lowest BCUT2D eigenvalue weighted by atomic mass is 10.1. The highest BCUT2D eigenvalue weighted by Crippen LogP contribution is 2.26. The molecule has 1 fully saturated rings. The van der Waals surface area contributed by atoms with Crippen molar-refractivity contribution in [2.45, 2.75) is 19.4 Å². The standard InChI is InChI=1S/C12H15BrN2O2/c1-8-2-3-9(6-11(8)13)15-5-4-10(7-14)17-12(15)16/h2-3,6,10H,4-5,7,14H2,1H3. The smallest absolute Gasteiger partial charge is 0.414 e. The van der Waals surface area contributed by atoms with Crippen molar-refractivity contribution in [1.82, 2.24) is 0 Å². The fraction of sp³-hybridized carbons (Fsp3) is 0.417. The van der Waals surface area contributed by atoms with Gasteiger partial charge in [0.1, 0.15) is 6.10 Å². The molecule has 1 aromatic rings. The number of rotatable bonds is 2. The molecular weight excluding hydrogens is 284 g/mol. The van der Waals surface area contributed by atoms with Gasteiger partial charge in [-0.3, -0.25) is 4.90 Å². The molecule has 1 aromatic carbocycles. The van der Waals surface area contributed by atoms with Crippen LogP contribution in [0.1, 0.15) is 12.0 Å². The number of benzene rings is 1. The Morgan fingerprint density at radius 2 is 2.35 bits per heavy atom. The first-order chi connectivity index (χ1) is 8.11. The van der Waals surface area contributed by atoms with Crippen LogP contribution in [0, 0.1) is 6.92 Å². The first kappa shape index (κ1) is 12.4. The van der Waals surface area contributed by atoms with Crippen LogP contribution in [0.15, 0.2) is 22.7 Å². The molecule has 4 nitrogen and oxygen atoms in total. The van der Waals surface area contributed by atoms with Crippen molar-refractivity contribution < 1.29 is 9.53 Å². The summed E-state index contributed by atoms with van der Waals surface area (Å²) in [7, 11) is 0. The van der Waals surface area contributed by atoms with Crippen LogP contribution in [0.2, 0.25) is 0 Å². The Morgan fingerprint density at radius 1 is 1.59 bits per heavy atom. The summed E-state index contributed by atoms with van der Waals surface area (Å²) in [6.45, 7) is 3.04. The first-order valence-corrected chi connectivity index (χ1v) is 6.35. The van der Waals surface area contributed by atoms with E-state index in [9.17, 15) is 4.79 Å². The minimum atomic E-state index is -0.317. The average molecular weight is 299 g/mol. The molecule has 0 aliphatic carbocycles. The molecule has 0 bridgehead atoms. The maximum absolute atomic E-state index is 11.8. The lowest BCUT2D eigenvalue weighted by Crippen LogP contribution is -2.44. The quantitative estimate of drug-likeness (QED) is 0.912. The number of nitrogens with two attached hydrogens (primary N) is 1. The van der Waals surface area contributed by atoms with E-state index in [1.165, 1.54) is 0 Å². The minimum Gasteiger partial charge on any atom is -0.444 e. The number of halogens is 1. The van der Waals surface area contributed by atoms with Gasteiger partial charge in [-0.2, -0.15) is 0 Å². The van der Waals surface area contributed by atoms with Gasteiger partial charge in [-0.25, -0.2) is 4.79 Å². The number of hydrogen-bond acceptors (Lipinski definition) is 3. The van der Waals surface area contributed by atoms with Gasteiger partial charge < -0.3 is 10.5 Å². The van der Waals surface area contributed by atoms with Crippen molar-refractivity contribution in [2.75, 3.05) is 18.0 Å². The van der Waals surface area contributed by atoms with Crippen molar-refractivity contribution in [3.8, 4) is 0 Å². The zero-order valence-corrected chi connectivity index (χ0v) is 11.2. The Hall–Kier alpha value is -1.07. The molecule has 0 aromatic heterocycles. The lowest BCUT2D eigenvalue weighted by molar-refractivity contribution is 0.0888. The SMILES string of the molecule is Cc1ccc(N2CCC(CN)OC2=O)cc1Br. The summed E-state index contributed by atoms with van der Waals surface area (Å²) < 4.78 is 6.21. The maximum Gasteiger partial charge on any atom is 0.414 e. The van der Waals surface area contributed by atoms with Crippen LogP contribution < -0.4 is 10.6 Å². The van der Waals surface area contributed by atoms with Crippen LogP contribution >= 0.6 is 15.9 Å². The molecule has 1 aliphatic rings. The lowest BCUT2D eigenvalue weighted by Gasteiger charge is -2.31. The molecule has 17 heavy (non-hydrogen) atoms. The highest BCUT2D eigenvalue weighted by atomic mass is 79.9. The predicted molar refractivity (Wildman–Crippen MR) is 70.2 cm³/mol. The molecule has 1 unspecified atom stereocenters. The van der Waals surface area contributed by atoms with Gasteiger partial charge in [0.05, 0.1) is 0 Å². The van der Waals surface area contributed by atoms with Crippen LogP contribution in [-0.2, 0) is 4.74 Å². The van der Waals surface area contributed by atoms with Crippen molar-refractivity contribution in [1.29, 1.82) is 0 Å².